The lowest BCUT2D eigenvalue weighted by Gasteiger charge is -2.21. The van der Waals surface area contributed by atoms with Gasteiger partial charge in [0.05, 0.1) is 30.5 Å². The van der Waals surface area contributed by atoms with Crippen LogP contribution in [0.3, 0.4) is 0 Å². The van der Waals surface area contributed by atoms with Crippen LogP contribution >= 0.6 is 11.6 Å². The number of carbonyl (C=O) groups is 2. The molecule has 0 saturated heterocycles. The number of fused-ring (bicyclic) bond motifs is 1. The molecule has 1 amide bonds. The van der Waals surface area contributed by atoms with Crippen molar-refractivity contribution in [3.05, 3.63) is 77.1 Å². The molecule has 0 unspecified atom stereocenters. The van der Waals surface area contributed by atoms with Gasteiger partial charge in [-0.15, -0.1) is 0 Å². The van der Waals surface area contributed by atoms with Gasteiger partial charge in [0, 0.05) is 23.5 Å². The van der Waals surface area contributed by atoms with Gasteiger partial charge in [-0.1, -0.05) is 35.9 Å². The maximum Gasteiger partial charge on any atom is 0.408 e. The van der Waals surface area contributed by atoms with Crippen LogP contribution in [0.5, 0.6) is 5.75 Å². The van der Waals surface area contributed by atoms with E-state index in [9.17, 15) is 14.7 Å². The van der Waals surface area contributed by atoms with Crippen molar-refractivity contribution >= 4 is 29.1 Å². The zero-order chi connectivity index (χ0) is 27.6. The zero-order valence-electron chi connectivity index (χ0n) is 21.9. The molecule has 8 nitrogen and oxygen atoms in total. The maximum absolute atomic E-state index is 12.8. The minimum atomic E-state index is -0.731. The second kappa shape index (κ2) is 10.8. The number of ether oxygens (including phenoxy) is 2. The number of nitrogens with one attached hydrogen (secondary N) is 1. The van der Waals surface area contributed by atoms with Gasteiger partial charge in [0.25, 0.3) is 0 Å². The average Bonchev–Trinajstić information content (AvgIpc) is 3.30. The van der Waals surface area contributed by atoms with Gasteiger partial charge in [0.15, 0.2) is 5.78 Å². The summed E-state index contributed by atoms with van der Waals surface area (Å²) in [7, 11) is 1.53. The van der Waals surface area contributed by atoms with E-state index in [4.69, 9.17) is 26.1 Å². The molecule has 2 aromatic heterocycles. The molecule has 4 aromatic rings. The van der Waals surface area contributed by atoms with E-state index in [1.165, 1.54) is 7.11 Å². The number of pyridine rings is 1. The largest absolute Gasteiger partial charge is 0.495 e. The number of benzene rings is 2. The normalized spacial score (nSPS) is 12.3. The number of imidazole rings is 1. The fourth-order valence-electron chi connectivity index (χ4n) is 4.04. The molecule has 2 N–H and O–H groups in total. The van der Waals surface area contributed by atoms with Crippen molar-refractivity contribution in [2.75, 3.05) is 7.11 Å². The van der Waals surface area contributed by atoms with Crippen LogP contribution in [0.25, 0.3) is 28.0 Å². The highest BCUT2D eigenvalue weighted by atomic mass is 35.5. The molecule has 0 spiro atoms. The molecule has 2 heterocycles. The van der Waals surface area contributed by atoms with Gasteiger partial charge in [0.1, 0.15) is 17.0 Å². The summed E-state index contributed by atoms with van der Waals surface area (Å²) in [5.74, 6) is 0.274. The predicted molar refractivity (Wildman–Crippen MR) is 147 cm³/mol. The van der Waals surface area contributed by atoms with Crippen LogP contribution in [0, 0.1) is 0 Å². The third-order valence-corrected chi connectivity index (χ3v) is 6.21. The minimum absolute atomic E-state index is 0.182. The van der Waals surface area contributed by atoms with Crippen molar-refractivity contribution in [3.8, 4) is 28.1 Å². The summed E-state index contributed by atoms with van der Waals surface area (Å²) in [4.78, 5) is 29.6. The SMILES string of the molecule is COc1cc(CO)c(-c2cn3ccc(-c4ccc(C(=O)[C@H](C)NC(=O)OC(C)(C)C)cc4)cc3n2)cc1Cl. The molecular formula is C29H30ClN3O5. The third kappa shape index (κ3) is 5.98. The Morgan fingerprint density at radius 1 is 1.11 bits per heavy atom. The summed E-state index contributed by atoms with van der Waals surface area (Å²) in [5.41, 5.74) is 4.43. The molecule has 0 bridgehead atoms. The Kier molecular flexibility index (Phi) is 7.76. The number of aliphatic hydroxyl groups is 1. The van der Waals surface area contributed by atoms with Gasteiger partial charge in [-0.2, -0.15) is 0 Å². The molecule has 0 aliphatic rings. The first-order valence-electron chi connectivity index (χ1n) is 12.1. The first kappa shape index (κ1) is 27.2. The Hall–Kier alpha value is -3.88. The van der Waals surface area contributed by atoms with Crippen LogP contribution in [0.4, 0.5) is 4.79 Å². The quantitative estimate of drug-likeness (QED) is 0.285. The fourth-order valence-corrected chi connectivity index (χ4v) is 4.28. The van der Waals surface area contributed by atoms with Gasteiger partial charge in [-0.05, 0) is 68.7 Å². The number of methoxy groups -OCH3 is 1. The Balaban J connectivity index is 1.55. The number of hydrogen-bond donors (Lipinski definition) is 2. The Morgan fingerprint density at radius 2 is 1.82 bits per heavy atom. The summed E-state index contributed by atoms with van der Waals surface area (Å²) in [6.07, 6.45) is 3.14. The van der Waals surface area contributed by atoms with E-state index in [-0.39, 0.29) is 12.4 Å². The van der Waals surface area contributed by atoms with Crippen molar-refractivity contribution in [3.63, 3.8) is 0 Å². The van der Waals surface area contributed by atoms with E-state index >= 15 is 0 Å². The Bertz CT molecular complexity index is 1490. The summed E-state index contributed by atoms with van der Waals surface area (Å²) >= 11 is 6.32. The van der Waals surface area contributed by atoms with Crippen LogP contribution in [0.2, 0.25) is 5.02 Å². The summed E-state index contributed by atoms with van der Waals surface area (Å²) in [5, 5.41) is 12.9. The highest BCUT2D eigenvalue weighted by Crippen LogP contribution is 2.34. The molecular weight excluding hydrogens is 506 g/mol. The molecule has 0 radical (unpaired) electrons. The Labute approximate surface area is 226 Å². The lowest BCUT2D eigenvalue weighted by molar-refractivity contribution is 0.0496. The molecule has 198 valence electrons. The second-order valence-corrected chi connectivity index (χ2v) is 10.3. The number of alkyl carbamates (subject to hydrolysis) is 1. The van der Waals surface area contributed by atoms with Crippen LogP contribution in [-0.2, 0) is 11.3 Å². The number of carbonyl (C=O) groups excluding carboxylic acids is 2. The van der Waals surface area contributed by atoms with E-state index in [0.29, 0.717) is 33.2 Å². The van der Waals surface area contributed by atoms with Crippen molar-refractivity contribution in [1.29, 1.82) is 0 Å². The van der Waals surface area contributed by atoms with Crippen molar-refractivity contribution < 1.29 is 24.2 Å². The summed E-state index contributed by atoms with van der Waals surface area (Å²) in [6.45, 7) is 6.74. The number of Topliss-reactive ketones (excluding diaryl/α,β-unsaturated/α-hetero) is 1. The minimum Gasteiger partial charge on any atom is -0.495 e. The molecule has 1 atom stereocenters. The van der Waals surface area contributed by atoms with Crippen LogP contribution in [0.15, 0.2) is 60.9 Å². The van der Waals surface area contributed by atoms with Crippen molar-refractivity contribution in [2.45, 2.75) is 45.9 Å². The third-order valence-electron chi connectivity index (χ3n) is 5.91. The number of aromatic nitrogens is 2. The topological polar surface area (TPSA) is 102 Å². The molecule has 0 aliphatic carbocycles. The lowest BCUT2D eigenvalue weighted by atomic mass is 10.0. The standard InChI is InChI=1S/C29H30ClN3O5/c1-17(31-28(36)38-29(2,3)4)27(35)19-8-6-18(7-9-19)20-10-11-33-15-24(32-26(33)13-20)22-14-23(30)25(37-5)12-21(22)16-34/h6-15,17,34H,16H2,1-5H3,(H,31,36)/t17-/m0/s1. The van der Waals surface area contributed by atoms with Crippen LogP contribution < -0.4 is 10.1 Å². The summed E-state index contributed by atoms with van der Waals surface area (Å²) in [6, 6.07) is 13.8. The van der Waals surface area contributed by atoms with E-state index in [0.717, 1.165) is 16.7 Å². The number of rotatable bonds is 7. The fraction of sp³-hybridized carbons (Fsp3) is 0.276. The Morgan fingerprint density at radius 3 is 2.45 bits per heavy atom. The predicted octanol–water partition coefficient (Wildman–Crippen LogP) is 5.92. The first-order valence-corrected chi connectivity index (χ1v) is 12.5. The highest BCUT2D eigenvalue weighted by molar-refractivity contribution is 6.32. The van der Waals surface area contributed by atoms with Gasteiger partial charge in [0.2, 0.25) is 0 Å². The van der Waals surface area contributed by atoms with Crippen molar-refractivity contribution in [1.82, 2.24) is 14.7 Å². The number of ketones is 1. The van der Waals surface area contributed by atoms with Crippen LogP contribution in [0.1, 0.15) is 43.6 Å². The monoisotopic (exact) mass is 535 g/mol. The summed E-state index contributed by atoms with van der Waals surface area (Å²) < 4.78 is 12.4. The van der Waals surface area contributed by atoms with Crippen LogP contribution in [-0.4, -0.2) is 45.1 Å². The number of hydrogen-bond acceptors (Lipinski definition) is 6. The number of nitrogens with zero attached hydrogens (tertiary/aromatic N) is 2. The lowest BCUT2D eigenvalue weighted by Crippen LogP contribution is -2.41. The van der Waals surface area contributed by atoms with E-state index in [2.05, 4.69) is 5.32 Å². The maximum atomic E-state index is 12.8. The average molecular weight is 536 g/mol. The molecule has 0 saturated carbocycles. The van der Waals surface area contributed by atoms with Gasteiger partial charge < -0.3 is 24.3 Å². The molecule has 9 heteroatoms. The van der Waals surface area contributed by atoms with E-state index in [1.807, 2.05) is 41.1 Å². The van der Waals surface area contributed by atoms with E-state index in [1.54, 1.807) is 52.0 Å². The number of amides is 1. The molecule has 2 aromatic carbocycles. The molecule has 0 fully saturated rings. The molecule has 38 heavy (non-hydrogen) atoms. The number of aliphatic hydroxyl groups excluding tert-OH is 1. The van der Waals surface area contributed by atoms with Crippen molar-refractivity contribution in [2.24, 2.45) is 0 Å². The molecule has 4 rings (SSSR count). The second-order valence-electron chi connectivity index (χ2n) is 9.92. The first-order chi connectivity index (χ1) is 18.0. The zero-order valence-corrected chi connectivity index (χ0v) is 22.7. The highest BCUT2D eigenvalue weighted by Gasteiger charge is 2.22. The van der Waals surface area contributed by atoms with Gasteiger partial charge in [-0.25, -0.2) is 9.78 Å². The smallest absolute Gasteiger partial charge is 0.408 e. The van der Waals surface area contributed by atoms with Gasteiger partial charge in [-0.3, -0.25) is 4.79 Å². The van der Waals surface area contributed by atoms with Gasteiger partial charge >= 0.3 is 6.09 Å². The van der Waals surface area contributed by atoms with E-state index < -0.39 is 17.7 Å². The molecule has 0 aliphatic heterocycles. The number of halogens is 1.